The third-order valence-corrected chi connectivity index (χ3v) is 5.96. The zero-order chi connectivity index (χ0) is 22.1. The Morgan fingerprint density at radius 2 is 1.90 bits per heavy atom. The van der Waals surface area contributed by atoms with Crippen molar-refractivity contribution in [1.82, 2.24) is 15.6 Å². The second kappa shape index (κ2) is 11.7. The molecule has 6 nitrogen and oxygen atoms in total. The van der Waals surface area contributed by atoms with E-state index in [4.69, 9.17) is 4.74 Å². The highest BCUT2D eigenvalue weighted by molar-refractivity contribution is 5.79. The second-order valence-corrected chi connectivity index (χ2v) is 8.11. The molecule has 6 heteroatoms. The average Bonchev–Trinajstić information content (AvgIpc) is 2.82. The SMILES string of the molecule is CCN(CC)c1ccc(CNC(=NC)NCC2CCCOC2c2ccc(C)cc2)cn1. The molecule has 0 radical (unpaired) electrons. The number of aryl methyl sites for hydroxylation is 1. The fraction of sp³-hybridized carbons (Fsp3) is 0.520. The van der Waals surface area contributed by atoms with Crippen LogP contribution in [0.15, 0.2) is 47.6 Å². The van der Waals surface area contributed by atoms with Crippen molar-refractivity contribution >= 4 is 11.8 Å². The molecule has 0 bridgehead atoms. The van der Waals surface area contributed by atoms with E-state index in [9.17, 15) is 0 Å². The third kappa shape index (κ3) is 6.44. The van der Waals surface area contributed by atoms with Crippen LogP contribution in [-0.2, 0) is 11.3 Å². The molecule has 168 valence electrons. The molecule has 1 aliphatic heterocycles. The van der Waals surface area contributed by atoms with E-state index < -0.39 is 0 Å². The Morgan fingerprint density at radius 3 is 2.55 bits per heavy atom. The minimum Gasteiger partial charge on any atom is -0.373 e. The number of benzene rings is 1. The summed E-state index contributed by atoms with van der Waals surface area (Å²) >= 11 is 0. The number of nitrogens with one attached hydrogen (secondary N) is 2. The van der Waals surface area contributed by atoms with Gasteiger partial charge >= 0.3 is 0 Å². The monoisotopic (exact) mass is 423 g/mol. The predicted molar refractivity (Wildman–Crippen MR) is 129 cm³/mol. The predicted octanol–water partition coefficient (Wildman–Crippen LogP) is 4.07. The summed E-state index contributed by atoms with van der Waals surface area (Å²) in [5.74, 6) is 2.25. The van der Waals surface area contributed by atoms with Gasteiger partial charge in [0.15, 0.2) is 5.96 Å². The first-order chi connectivity index (χ1) is 15.1. The summed E-state index contributed by atoms with van der Waals surface area (Å²) in [5.41, 5.74) is 3.68. The molecule has 2 N–H and O–H groups in total. The summed E-state index contributed by atoms with van der Waals surface area (Å²) in [5, 5.41) is 6.91. The van der Waals surface area contributed by atoms with Gasteiger partial charge in [-0.1, -0.05) is 35.9 Å². The first kappa shape index (κ1) is 23.1. The molecule has 1 saturated heterocycles. The molecule has 0 amide bonds. The Labute approximate surface area is 187 Å². The van der Waals surface area contributed by atoms with Gasteiger partial charge in [0, 0.05) is 51.9 Å². The molecule has 1 fully saturated rings. The molecule has 1 aliphatic rings. The van der Waals surface area contributed by atoms with Gasteiger partial charge < -0.3 is 20.3 Å². The fourth-order valence-electron chi connectivity index (χ4n) is 4.07. The highest BCUT2D eigenvalue weighted by Crippen LogP contribution is 2.33. The van der Waals surface area contributed by atoms with Crippen molar-refractivity contribution in [2.75, 3.05) is 38.2 Å². The van der Waals surface area contributed by atoms with Gasteiger partial charge in [0.05, 0.1) is 6.10 Å². The Kier molecular flexibility index (Phi) is 8.71. The third-order valence-electron chi connectivity index (χ3n) is 5.96. The van der Waals surface area contributed by atoms with Gasteiger partial charge in [0.1, 0.15) is 5.82 Å². The van der Waals surface area contributed by atoms with Crippen molar-refractivity contribution in [1.29, 1.82) is 0 Å². The number of anilines is 1. The number of aliphatic imine (C=N–C) groups is 1. The van der Waals surface area contributed by atoms with E-state index in [1.54, 1.807) is 0 Å². The molecular weight excluding hydrogens is 386 g/mol. The molecule has 0 saturated carbocycles. The Bertz CT molecular complexity index is 815. The number of aromatic nitrogens is 1. The van der Waals surface area contributed by atoms with Gasteiger partial charge in [-0.3, -0.25) is 4.99 Å². The molecule has 2 heterocycles. The van der Waals surface area contributed by atoms with E-state index in [-0.39, 0.29) is 6.10 Å². The Balaban J connectivity index is 1.53. The quantitative estimate of drug-likeness (QED) is 0.495. The van der Waals surface area contributed by atoms with Crippen molar-refractivity contribution in [3.63, 3.8) is 0 Å². The van der Waals surface area contributed by atoms with Crippen molar-refractivity contribution in [2.45, 2.75) is 46.3 Å². The van der Waals surface area contributed by atoms with Crippen LogP contribution in [0.4, 0.5) is 5.82 Å². The summed E-state index contributed by atoms with van der Waals surface area (Å²) in [4.78, 5) is 11.2. The van der Waals surface area contributed by atoms with Crippen LogP contribution in [0.25, 0.3) is 0 Å². The van der Waals surface area contributed by atoms with E-state index in [1.807, 2.05) is 13.2 Å². The zero-order valence-corrected chi connectivity index (χ0v) is 19.4. The van der Waals surface area contributed by atoms with Crippen molar-refractivity contribution < 1.29 is 4.74 Å². The first-order valence-electron chi connectivity index (χ1n) is 11.5. The molecular formula is C25H37N5O. The maximum absolute atomic E-state index is 6.15. The van der Waals surface area contributed by atoms with E-state index in [0.29, 0.717) is 12.5 Å². The maximum atomic E-state index is 6.15. The molecule has 3 rings (SSSR count). The van der Waals surface area contributed by atoms with Gasteiger partial charge in [-0.25, -0.2) is 4.98 Å². The van der Waals surface area contributed by atoms with Crippen LogP contribution in [0.3, 0.4) is 0 Å². The zero-order valence-electron chi connectivity index (χ0n) is 19.4. The molecule has 1 aromatic carbocycles. The summed E-state index contributed by atoms with van der Waals surface area (Å²) < 4.78 is 6.15. The molecule has 31 heavy (non-hydrogen) atoms. The normalized spacial score (nSPS) is 19.2. The van der Waals surface area contributed by atoms with Gasteiger partial charge in [-0.05, 0) is 50.8 Å². The van der Waals surface area contributed by atoms with Crippen LogP contribution in [0.2, 0.25) is 0 Å². The lowest BCUT2D eigenvalue weighted by Crippen LogP contribution is -2.41. The molecule has 0 aliphatic carbocycles. The van der Waals surface area contributed by atoms with Gasteiger partial charge in [0.2, 0.25) is 0 Å². The Morgan fingerprint density at radius 1 is 1.13 bits per heavy atom. The molecule has 2 aromatic rings. The van der Waals surface area contributed by atoms with Crippen LogP contribution in [0.5, 0.6) is 0 Å². The lowest BCUT2D eigenvalue weighted by Gasteiger charge is -2.32. The summed E-state index contributed by atoms with van der Waals surface area (Å²) in [6.07, 6.45) is 4.33. The Hall–Kier alpha value is -2.60. The van der Waals surface area contributed by atoms with Crippen LogP contribution >= 0.6 is 0 Å². The lowest BCUT2D eigenvalue weighted by atomic mass is 9.89. The fourth-order valence-corrected chi connectivity index (χ4v) is 4.07. The van der Waals surface area contributed by atoms with Crippen molar-refractivity contribution in [3.05, 3.63) is 59.3 Å². The van der Waals surface area contributed by atoms with Crippen LogP contribution in [0.1, 0.15) is 49.5 Å². The van der Waals surface area contributed by atoms with Crippen LogP contribution in [0, 0.1) is 12.8 Å². The smallest absolute Gasteiger partial charge is 0.191 e. The average molecular weight is 424 g/mol. The molecule has 1 aromatic heterocycles. The number of nitrogens with zero attached hydrogens (tertiary/aromatic N) is 3. The van der Waals surface area contributed by atoms with Crippen LogP contribution < -0.4 is 15.5 Å². The van der Waals surface area contributed by atoms with Gasteiger partial charge in [0.25, 0.3) is 0 Å². The van der Waals surface area contributed by atoms with E-state index in [0.717, 1.165) is 56.4 Å². The van der Waals surface area contributed by atoms with Gasteiger partial charge in [-0.15, -0.1) is 0 Å². The van der Waals surface area contributed by atoms with Crippen LogP contribution in [-0.4, -0.2) is 44.2 Å². The first-order valence-corrected chi connectivity index (χ1v) is 11.5. The minimum atomic E-state index is 0.136. The largest absolute Gasteiger partial charge is 0.373 e. The highest BCUT2D eigenvalue weighted by atomic mass is 16.5. The minimum absolute atomic E-state index is 0.136. The highest BCUT2D eigenvalue weighted by Gasteiger charge is 2.27. The summed E-state index contributed by atoms with van der Waals surface area (Å²) in [6, 6.07) is 12.9. The van der Waals surface area contributed by atoms with E-state index >= 15 is 0 Å². The number of ether oxygens (including phenoxy) is 1. The molecule has 2 unspecified atom stereocenters. The molecule has 0 spiro atoms. The number of hydrogen-bond donors (Lipinski definition) is 2. The summed E-state index contributed by atoms with van der Waals surface area (Å²) in [7, 11) is 1.81. The molecule has 2 atom stereocenters. The number of guanidine groups is 1. The van der Waals surface area contributed by atoms with Gasteiger partial charge in [-0.2, -0.15) is 0 Å². The summed E-state index contributed by atoms with van der Waals surface area (Å²) in [6.45, 7) is 10.7. The van der Waals surface area contributed by atoms with Crippen molar-refractivity contribution in [2.24, 2.45) is 10.9 Å². The number of rotatable bonds is 8. The van der Waals surface area contributed by atoms with E-state index in [2.05, 4.69) is 82.7 Å². The van der Waals surface area contributed by atoms with Crippen molar-refractivity contribution in [3.8, 4) is 0 Å². The lowest BCUT2D eigenvalue weighted by molar-refractivity contribution is -0.0265. The maximum Gasteiger partial charge on any atom is 0.191 e. The number of pyridine rings is 1. The standard InChI is InChI=1S/C25H37N5O/c1-5-30(6-2)23-14-11-20(16-27-23)17-28-25(26-4)29-18-22-8-7-15-31-24(22)21-12-9-19(3)10-13-21/h9-14,16,22,24H,5-8,15,17-18H2,1-4H3,(H2,26,28,29). The van der Waals surface area contributed by atoms with E-state index in [1.165, 1.54) is 11.1 Å². The number of hydrogen-bond acceptors (Lipinski definition) is 4. The topological polar surface area (TPSA) is 61.8 Å². The second-order valence-electron chi connectivity index (χ2n) is 8.11.